The molecule has 3 aromatic rings. The highest BCUT2D eigenvalue weighted by Crippen LogP contribution is 2.40. The molecule has 0 atom stereocenters. The topological polar surface area (TPSA) is 90.4 Å². The highest BCUT2D eigenvalue weighted by atomic mass is 16.5. The van der Waals surface area contributed by atoms with Crippen molar-refractivity contribution in [1.82, 2.24) is 9.80 Å². The van der Waals surface area contributed by atoms with Gasteiger partial charge in [-0.1, -0.05) is 30.3 Å². The van der Waals surface area contributed by atoms with E-state index >= 15 is 0 Å². The van der Waals surface area contributed by atoms with Crippen molar-refractivity contribution in [2.45, 2.75) is 37.8 Å². The Morgan fingerprint density at radius 2 is 1.65 bits per heavy atom. The SMILES string of the molecule is COc1ccc(C(=O)CCCN2CCC3(CC2)C(=O)N(Cc2cccc(C(=O)O)c2)CN3c2ccccc2)cc1. The van der Waals surface area contributed by atoms with E-state index in [9.17, 15) is 19.5 Å². The van der Waals surface area contributed by atoms with Gasteiger partial charge in [0.2, 0.25) is 5.91 Å². The van der Waals surface area contributed by atoms with E-state index in [2.05, 4.69) is 9.80 Å². The van der Waals surface area contributed by atoms with Gasteiger partial charge < -0.3 is 24.5 Å². The number of piperidine rings is 1. The number of benzene rings is 3. The molecule has 1 N–H and O–H groups in total. The number of hydrogen-bond acceptors (Lipinski definition) is 6. The van der Waals surface area contributed by atoms with Crippen molar-refractivity contribution in [2.75, 3.05) is 38.3 Å². The van der Waals surface area contributed by atoms with Gasteiger partial charge in [-0.15, -0.1) is 0 Å². The molecule has 40 heavy (non-hydrogen) atoms. The summed E-state index contributed by atoms with van der Waals surface area (Å²) in [5.41, 5.74) is 2.09. The minimum absolute atomic E-state index is 0.0893. The molecule has 3 aromatic carbocycles. The number of carbonyl (C=O) groups excluding carboxylic acids is 2. The number of ether oxygens (including phenoxy) is 1. The van der Waals surface area contributed by atoms with E-state index in [0.717, 1.165) is 43.1 Å². The molecule has 2 saturated heterocycles. The average Bonchev–Trinajstić information content (AvgIpc) is 3.25. The lowest BCUT2D eigenvalue weighted by Crippen LogP contribution is -2.56. The molecule has 2 aliphatic heterocycles. The predicted octanol–water partition coefficient (Wildman–Crippen LogP) is 4.70. The first-order valence-corrected chi connectivity index (χ1v) is 13.7. The minimum Gasteiger partial charge on any atom is -0.497 e. The second kappa shape index (κ2) is 11.9. The summed E-state index contributed by atoms with van der Waals surface area (Å²) in [4.78, 5) is 44.5. The van der Waals surface area contributed by atoms with Crippen LogP contribution >= 0.6 is 0 Å². The zero-order chi connectivity index (χ0) is 28.1. The standard InChI is InChI=1S/C32H35N3O5/c1-40-28-14-12-25(13-15-28)29(36)11-6-18-33-19-16-32(17-20-33)31(39)34(23-35(32)27-9-3-2-4-10-27)22-24-7-5-8-26(21-24)30(37)38/h2-5,7-10,12-15,21H,6,11,16-20,22-23H2,1H3,(H,37,38). The van der Waals surface area contributed by atoms with Gasteiger partial charge in [0.1, 0.15) is 11.3 Å². The molecule has 8 nitrogen and oxygen atoms in total. The van der Waals surface area contributed by atoms with Gasteiger partial charge in [0.25, 0.3) is 0 Å². The summed E-state index contributed by atoms with van der Waals surface area (Å²) in [6.45, 7) is 3.17. The fourth-order valence-electron chi connectivity index (χ4n) is 5.88. The number of hydrogen-bond donors (Lipinski definition) is 1. The number of anilines is 1. The Kier molecular flexibility index (Phi) is 8.16. The van der Waals surface area contributed by atoms with Crippen molar-refractivity contribution in [3.8, 4) is 5.75 Å². The Morgan fingerprint density at radius 1 is 0.925 bits per heavy atom. The lowest BCUT2D eigenvalue weighted by molar-refractivity contribution is -0.134. The third-order valence-electron chi connectivity index (χ3n) is 8.10. The van der Waals surface area contributed by atoms with Gasteiger partial charge in [-0.25, -0.2) is 4.79 Å². The second-order valence-electron chi connectivity index (χ2n) is 10.5. The largest absolute Gasteiger partial charge is 0.497 e. The number of likely N-dealkylation sites (tertiary alicyclic amines) is 1. The number of nitrogens with zero attached hydrogens (tertiary/aromatic N) is 3. The molecule has 2 aliphatic rings. The summed E-state index contributed by atoms with van der Waals surface area (Å²) in [5.74, 6) is -0.0291. The Hall–Kier alpha value is -4.17. The number of Topliss-reactive ketones (excluding diaryl/α,β-unsaturated/α-hetero) is 1. The fourth-order valence-corrected chi connectivity index (χ4v) is 5.88. The second-order valence-corrected chi connectivity index (χ2v) is 10.5. The smallest absolute Gasteiger partial charge is 0.335 e. The number of aromatic carboxylic acids is 1. The summed E-state index contributed by atoms with van der Waals surface area (Å²) in [6.07, 6.45) is 2.63. The Balaban J connectivity index is 1.23. The number of carbonyl (C=O) groups is 3. The van der Waals surface area contributed by atoms with Gasteiger partial charge in [0.15, 0.2) is 5.78 Å². The molecule has 8 heteroatoms. The maximum absolute atomic E-state index is 14.0. The van der Waals surface area contributed by atoms with E-state index in [1.165, 1.54) is 0 Å². The minimum atomic E-state index is -0.977. The molecule has 1 spiro atoms. The van der Waals surface area contributed by atoms with Crippen LogP contribution in [0.5, 0.6) is 5.75 Å². The fraction of sp³-hybridized carbons (Fsp3) is 0.344. The van der Waals surface area contributed by atoms with Gasteiger partial charge in [-0.2, -0.15) is 0 Å². The van der Waals surface area contributed by atoms with E-state index in [-0.39, 0.29) is 17.3 Å². The van der Waals surface area contributed by atoms with E-state index in [0.29, 0.717) is 38.0 Å². The van der Waals surface area contributed by atoms with E-state index in [4.69, 9.17) is 4.74 Å². The van der Waals surface area contributed by atoms with Gasteiger partial charge in [0, 0.05) is 37.3 Å². The summed E-state index contributed by atoms with van der Waals surface area (Å²) in [7, 11) is 1.61. The van der Waals surface area contributed by atoms with Crippen LogP contribution in [0.3, 0.4) is 0 Å². The van der Waals surface area contributed by atoms with Gasteiger partial charge in [-0.05, 0) is 79.9 Å². The van der Waals surface area contributed by atoms with Gasteiger partial charge in [0.05, 0.1) is 19.3 Å². The van der Waals surface area contributed by atoms with Gasteiger partial charge in [-0.3, -0.25) is 9.59 Å². The van der Waals surface area contributed by atoms with Crippen molar-refractivity contribution >= 4 is 23.3 Å². The van der Waals surface area contributed by atoms with Crippen molar-refractivity contribution in [2.24, 2.45) is 0 Å². The Labute approximate surface area is 234 Å². The summed E-state index contributed by atoms with van der Waals surface area (Å²) in [6, 6.07) is 24.1. The van der Waals surface area contributed by atoms with Crippen LogP contribution in [-0.2, 0) is 11.3 Å². The number of rotatable bonds is 10. The molecule has 0 saturated carbocycles. The summed E-state index contributed by atoms with van der Waals surface area (Å²) in [5, 5.41) is 9.39. The molecule has 1 amide bonds. The zero-order valence-electron chi connectivity index (χ0n) is 22.8. The maximum Gasteiger partial charge on any atom is 0.335 e. The molecule has 0 radical (unpaired) electrons. The molecular formula is C32H35N3O5. The third-order valence-corrected chi connectivity index (χ3v) is 8.10. The van der Waals surface area contributed by atoms with E-state index in [1.807, 2.05) is 41.3 Å². The first kappa shape index (κ1) is 27.4. The number of amides is 1. The monoisotopic (exact) mass is 541 g/mol. The predicted molar refractivity (Wildman–Crippen MR) is 153 cm³/mol. The average molecular weight is 542 g/mol. The van der Waals surface area contributed by atoms with Crippen LogP contribution < -0.4 is 9.64 Å². The molecule has 0 unspecified atom stereocenters. The molecular weight excluding hydrogens is 506 g/mol. The van der Waals surface area contributed by atoms with Crippen molar-refractivity contribution < 1.29 is 24.2 Å². The van der Waals surface area contributed by atoms with E-state index < -0.39 is 11.5 Å². The molecule has 2 heterocycles. The van der Waals surface area contributed by atoms with Crippen LogP contribution in [0.25, 0.3) is 0 Å². The third kappa shape index (κ3) is 5.72. The van der Waals surface area contributed by atoms with Crippen molar-refractivity contribution in [3.05, 3.63) is 95.6 Å². The first-order valence-electron chi connectivity index (χ1n) is 13.7. The molecule has 208 valence electrons. The van der Waals surface area contributed by atoms with E-state index in [1.54, 1.807) is 49.6 Å². The zero-order valence-corrected chi connectivity index (χ0v) is 22.8. The van der Waals surface area contributed by atoms with Crippen LogP contribution in [0.15, 0.2) is 78.9 Å². The van der Waals surface area contributed by atoms with Crippen molar-refractivity contribution in [3.63, 3.8) is 0 Å². The Morgan fingerprint density at radius 3 is 2.33 bits per heavy atom. The quantitative estimate of drug-likeness (QED) is 0.372. The first-order chi connectivity index (χ1) is 19.4. The summed E-state index contributed by atoms with van der Waals surface area (Å²) >= 11 is 0. The molecule has 2 fully saturated rings. The Bertz CT molecular complexity index is 1350. The van der Waals surface area contributed by atoms with Crippen LogP contribution in [0.1, 0.15) is 52.0 Å². The molecule has 0 aromatic heterocycles. The number of carboxylic acids is 1. The maximum atomic E-state index is 14.0. The lowest BCUT2D eigenvalue weighted by Gasteiger charge is -2.43. The number of methoxy groups -OCH3 is 1. The molecule has 5 rings (SSSR count). The number of ketones is 1. The number of para-hydroxylation sites is 1. The molecule has 0 bridgehead atoms. The summed E-state index contributed by atoms with van der Waals surface area (Å²) < 4.78 is 5.17. The van der Waals surface area contributed by atoms with Crippen LogP contribution in [0.2, 0.25) is 0 Å². The van der Waals surface area contributed by atoms with Crippen LogP contribution in [0, 0.1) is 0 Å². The molecule has 0 aliphatic carbocycles. The van der Waals surface area contributed by atoms with Gasteiger partial charge >= 0.3 is 5.97 Å². The van der Waals surface area contributed by atoms with Crippen LogP contribution in [-0.4, -0.2) is 71.5 Å². The van der Waals surface area contributed by atoms with Crippen LogP contribution in [0.4, 0.5) is 5.69 Å². The highest BCUT2D eigenvalue weighted by Gasteiger charge is 2.53. The normalized spacial score (nSPS) is 16.9. The lowest BCUT2D eigenvalue weighted by atomic mass is 9.85. The number of carboxylic acid groups (broad SMARTS) is 1. The van der Waals surface area contributed by atoms with Crippen molar-refractivity contribution in [1.29, 1.82) is 0 Å². The highest BCUT2D eigenvalue weighted by molar-refractivity contribution is 5.96.